The summed E-state index contributed by atoms with van der Waals surface area (Å²) >= 11 is 0. The third-order valence-corrected chi connectivity index (χ3v) is 4.63. The molecular formula is C21H44O3. The zero-order valence-corrected chi connectivity index (χ0v) is 17.7. The topological polar surface area (TPSA) is 27.7 Å². The molecule has 3 heteroatoms. The van der Waals surface area contributed by atoms with Crippen LogP contribution >= 0.6 is 0 Å². The van der Waals surface area contributed by atoms with Crippen molar-refractivity contribution in [2.75, 3.05) is 26.9 Å². The second kappa shape index (κ2) is 12.3. The lowest BCUT2D eigenvalue weighted by atomic mass is 9.82. The predicted molar refractivity (Wildman–Crippen MR) is 104 cm³/mol. The van der Waals surface area contributed by atoms with Gasteiger partial charge in [-0.25, -0.2) is 0 Å². The second-order valence-electron chi connectivity index (χ2n) is 8.83. The number of methoxy groups -OCH3 is 1. The van der Waals surface area contributed by atoms with Gasteiger partial charge < -0.3 is 14.2 Å². The molecular weight excluding hydrogens is 300 g/mol. The van der Waals surface area contributed by atoms with Crippen molar-refractivity contribution in [3.05, 3.63) is 0 Å². The standard InChI is InChI=1S/C21H44O3/c1-18(2)17-24-21(7,19(3)13-9-11-15-22-8)14-10-12-16-23-20(4,5)6/h18-19H,9-17H2,1-8H3. The lowest BCUT2D eigenvalue weighted by molar-refractivity contribution is -0.0897. The molecule has 0 heterocycles. The summed E-state index contributed by atoms with van der Waals surface area (Å²) in [6, 6.07) is 0. The van der Waals surface area contributed by atoms with Crippen LogP contribution in [0.25, 0.3) is 0 Å². The molecule has 24 heavy (non-hydrogen) atoms. The maximum absolute atomic E-state index is 6.39. The molecule has 0 N–H and O–H groups in total. The van der Waals surface area contributed by atoms with Crippen molar-refractivity contribution < 1.29 is 14.2 Å². The van der Waals surface area contributed by atoms with Crippen LogP contribution in [0.15, 0.2) is 0 Å². The Morgan fingerprint density at radius 3 is 1.96 bits per heavy atom. The van der Waals surface area contributed by atoms with Crippen LogP contribution in [-0.4, -0.2) is 38.1 Å². The maximum atomic E-state index is 6.39. The monoisotopic (exact) mass is 344 g/mol. The highest BCUT2D eigenvalue weighted by atomic mass is 16.5. The Morgan fingerprint density at radius 1 is 0.792 bits per heavy atom. The summed E-state index contributed by atoms with van der Waals surface area (Å²) in [6.45, 7) is 18.0. The van der Waals surface area contributed by atoms with Gasteiger partial charge in [-0.1, -0.05) is 27.2 Å². The fourth-order valence-corrected chi connectivity index (χ4v) is 2.78. The third-order valence-electron chi connectivity index (χ3n) is 4.63. The first kappa shape index (κ1) is 23.9. The van der Waals surface area contributed by atoms with Crippen molar-refractivity contribution in [3.8, 4) is 0 Å². The van der Waals surface area contributed by atoms with Crippen LogP contribution in [0.4, 0.5) is 0 Å². The summed E-state index contributed by atoms with van der Waals surface area (Å²) in [4.78, 5) is 0. The number of ether oxygens (including phenoxy) is 3. The molecule has 0 aliphatic carbocycles. The first-order valence-electron chi connectivity index (χ1n) is 9.87. The van der Waals surface area contributed by atoms with E-state index >= 15 is 0 Å². The lowest BCUT2D eigenvalue weighted by Gasteiger charge is -2.37. The van der Waals surface area contributed by atoms with E-state index in [0.29, 0.717) is 11.8 Å². The first-order valence-corrected chi connectivity index (χ1v) is 9.87. The lowest BCUT2D eigenvalue weighted by Crippen LogP contribution is -2.37. The van der Waals surface area contributed by atoms with Gasteiger partial charge in [-0.05, 0) is 71.6 Å². The molecule has 0 bridgehead atoms. The van der Waals surface area contributed by atoms with Crippen LogP contribution in [0, 0.1) is 11.8 Å². The fourth-order valence-electron chi connectivity index (χ4n) is 2.78. The molecule has 3 nitrogen and oxygen atoms in total. The minimum Gasteiger partial charge on any atom is -0.385 e. The smallest absolute Gasteiger partial charge is 0.0680 e. The van der Waals surface area contributed by atoms with E-state index in [0.717, 1.165) is 45.5 Å². The van der Waals surface area contributed by atoms with Crippen LogP contribution in [-0.2, 0) is 14.2 Å². The Bertz CT molecular complexity index is 296. The van der Waals surface area contributed by atoms with Crippen LogP contribution in [0.1, 0.15) is 87.0 Å². The zero-order valence-electron chi connectivity index (χ0n) is 17.7. The Labute approximate surface area is 151 Å². The van der Waals surface area contributed by atoms with E-state index in [1.165, 1.54) is 12.8 Å². The van der Waals surface area contributed by atoms with Crippen LogP contribution < -0.4 is 0 Å². The maximum Gasteiger partial charge on any atom is 0.0680 e. The predicted octanol–water partition coefficient (Wildman–Crippen LogP) is 5.86. The summed E-state index contributed by atoms with van der Waals surface area (Å²) in [6.07, 6.45) is 6.93. The molecule has 0 saturated carbocycles. The first-order chi connectivity index (χ1) is 11.1. The van der Waals surface area contributed by atoms with E-state index in [1.807, 2.05) is 0 Å². The average molecular weight is 345 g/mol. The number of unbranched alkanes of at least 4 members (excludes halogenated alkanes) is 2. The average Bonchev–Trinajstić information content (AvgIpc) is 2.47. The Balaban J connectivity index is 4.36. The van der Waals surface area contributed by atoms with Gasteiger partial charge in [0.05, 0.1) is 11.2 Å². The molecule has 0 amide bonds. The van der Waals surface area contributed by atoms with Gasteiger partial charge >= 0.3 is 0 Å². The van der Waals surface area contributed by atoms with Crippen molar-refractivity contribution in [1.29, 1.82) is 0 Å². The minimum atomic E-state index is -0.0356. The number of rotatable bonds is 14. The summed E-state index contributed by atoms with van der Waals surface area (Å²) in [5.74, 6) is 1.14. The molecule has 146 valence electrons. The van der Waals surface area contributed by atoms with E-state index in [1.54, 1.807) is 7.11 Å². The molecule has 0 aromatic carbocycles. The second-order valence-corrected chi connectivity index (χ2v) is 8.83. The molecule has 2 atom stereocenters. The van der Waals surface area contributed by atoms with Gasteiger partial charge in [0.15, 0.2) is 0 Å². The normalized spacial score (nSPS) is 16.4. The highest BCUT2D eigenvalue weighted by Crippen LogP contribution is 2.32. The van der Waals surface area contributed by atoms with Gasteiger partial charge in [0, 0.05) is 26.9 Å². The molecule has 0 aliphatic heterocycles. The van der Waals surface area contributed by atoms with Gasteiger partial charge in [0.1, 0.15) is 0 Å². The van der Waals surface area contributed by atoms with Crippen LogP contribution in [0.2, 0.25) is 0 Å². The van der Waals surface area contributed by atoms with Crippen LogP contribution in [0.3, 0.4) is 0 Å². The summed E-state index contributed by atoms with van der Waals surface area (Å²) < 4.78 is 17.4. The SMILES string of the molecule is COCCCCC(C)C(C)(CCCCOC(C)(C)C)OCC(C)C. The molecule has 0 aliphatic rings. The number of hydrogen-bond acceptors (Lipinski definition) is 3. The number of hydrogen-bond donors (Lipinski definition) is 0. The summed E-state index contributed by atoms with van der Waals surface area (Å²) in [5, 5.41) is 0. The van der Waals surface area contributed by atoms with Gasteiger partial charge in [-0.3, -0.25) is 0 Å². The van der Waals surface area contributed by atoms with E-state index < -0.39 is 0 Å². The quantitative estimate of drug-likeness (QED) is 0.370. The van der Waals surface area contributed by atoms with Gasteiger partial charge in [-0.2, -0.15) is 0 Å². The largest absolute Gasteiger partial charge is 0.385 e. The van der Waals surface area contributed by atoms with Crippen molar-refractivity contribution in [1.82, 2.24) is 0 Å². The van der Waals surface area contributed by atoms with E-state index in [-0.39, 0.29) is 11.2 Å². The van der Waals surface area contributed by atoms with Crippen molar-refractivity contribution >= 4 is 0 Å². The summed E-state index contributed by atoms with van der Waals surface area (Å²) in [5.41, 5.74) is -0.0643. The van der Waals surface area contributed by atoms with Crippen molar-refractivity contribution in [2.24, 2.45) is 11.8 Å². The van der Waals surface area contributed by atoms with Gasteiger partial charge in [0.2, 0.25) is 0 Å². The Hall–Kier alpha value is -0.120. The molecule has 0 radical (unpaired) electrons. The minimum absolute atomic E-state index is 0.0287. The van der Waals surface area contributed by atoms with Gasteiger partial charge in [-0.15, -0.1) is 0 Å². The third kappa shape index (κ3) is 12.3. The molecule has 2 unspecified atom stereocenters. The highest BCUT2D eigenvalue weighted by molar-refractivity contribution is 4.82. The molecule has 0 aromatic rings. The van der Waals surface area contributed by atoms with E-state index in [2.05, 4.69) is 48.5 Å². The Morgan fingerprint density at radius 2 is 1.42 bits per heavy atom. The summed E-state index contributed by atoms with van der Waals surface area (Å²) in [7, 11) is 1.78. The zero-order chi connectivity index (χ0) is 18.6. The molecule has 0 aromatic heterocycles. The molecule has 0 rings (SSSR count). The van der Waals surface area contributed by atoms with E-state index in [4.69, 9.17) is 14.2 Å². The van der Waals surface area contributed by atoms with Crippen LogP contribution in [0.5, 0.6) is 0 Å². The van der Waals surface area contributed by atoms with Crippen molar-refractivity contribution in [2.45, 2.75) is 98.2 Å². The van der Waals surface area contributed by atoms with E-state index in [9.17, 15) is 0 Å². The Kier molecular flexibility index (Phi) is 12.2. The molecule has 0 saturated heterocycles. The van der Waals surface area contributed by atoms with Crippen molar-refractivity contribution in [3.63, 3.8) is 0 Å². The fraction of sp³-hybridized carbons (Fsp3) is 1.00. The van der Waals surface area contributed by atoms with Gasteiger partial charge in [0.25, 0.3) is 0 Å². The molecule has 0 spiro atoms. The highest BCUT2D eigenvalue weighted by Gasteiger charge is 2.31. The molecule has 0 fully saturated rings.